The molecule has 0 saturated carbocycles. The third-order valence-electron chi connectivity index (χ3n) is 2.51. The van der Waals surface area contributed by atoms with E-state index in [4.69, 9.17) is 0 Å². The number of aryl methyl sites for hydroxylation is 2. The van der Waals surface area contributed by atoms with E-state index in [0.29, 0.717) is 5.75 Å². The molecule has 0 spiro atoms. The van der Waals surface area contributed by atoms with Crippen molar-refractivity contribution in [2.75, 3.05) is 0 Å². The molecule has 0 fully saturated rings. The molecule has 2 nitrogen and oxygen atoms in total. The number of aromatic nitrogens is 1. The number of phenols is 1. The molecule has 0 aliphatic carbocycles. The summed E-state index contributed by atoms with van der Waals surface area (Å²) in [6.07, 6.45) is 4.02. The van der Waals surface area contributed by atoms with Crippen LogP contribution in [-0.2, 0) is 7.05 Å². The van der Waals surface area contributed by atoms with E-state index in [1.807, 2.05) is 43.1 Å². The fourth-order valence-electron chi connectivity index (χ4n) is 1.53. The molecule has 0 aliphatic rings. The van der Waals surface area contributed by atoms with E-state index in [-0.39, 0.29) is 24.0 Å². The Morgan fingerprint density at radius 1 is 1.00 bits per heavy atom. The van der Waals surface area contributed by atoms with Gasteiger partial charge in [0.2, 0.25) is 0 Å². The first-order valence-corrected chi connectivity index (χ1v) is 4.92. The summed E-state index contributed by atoms with van der Waals surface area (Å²) in [4.78, 5) is 0. The van der Waals surface area contributed by atoms with Crippen molar-refractivity contribution in [2.45, 2.75) is 6.92 Å². The molecule has 2 aromatic rings. The Labute approximate surface area is 113 Å². The van der Waals surface area contributed by atoms with E-state index in [1.165, 1.54) is 0 Å². The van der Waals surface area contributed by atoms with E-state index in [2.05, 4.69) is 12.1 Å². The summed E-state index contributed by atoms with van der Waals surface area (Å²) in [7, 11) is 1.99. The minimum Gasteiger partial charge on any atom is -1.00 e. The van der Waals surface area contributed by atoms with Crippen molar-refractivity contribution in [1.29, 1.82) is 0 Å². The standard InChI is InChI=1S/C13H13NO.HI/c1-10-9-12(3-4-13(10)15)11-5-7-14(2)8-6-11;/h3-9H,1-2H3;1H. The lowest BCUT2D eigenvalue weighted by Gasteiger charge is -2.03. The number of rotatable bonds is 1. The van der Waals surface area contributed by atoms with Crippen LogP contribution in [0.2, 0.25) is 0 Å². The van der Waals surface area contributed by atoms with Crippen LogP contribution in [0.3, 0.4) is 0 Å². The van der Waals surface area contributed by atoms with Crippen LogP contribution < -0.4 is 28.5 Å². The average Bonchev–Trinajstić information content (AvgIpc) is 2.23. The first-order valence-electron chi connectivity index (χ1n) is 4.92. The molecule has 0 aliphatic heterocycles. The zero-order chi connectivity index (χ0) is 10.8. The quantitative estimate of drug-likeness (QED) is 0.538. The normalized spacial score (nSPS) is 9.62. The van der Waals surface area contributed by atoms with Crippen molar-refractivity contribution in [3.8, 4) is 16.9 Å². The van der Waals surface area contributed by atoms with Gasteiger partial charge >= 0.3 is 0 Å². The lowest BCUT2D eigenvalue weighted by atomic mass is 10.0. The van der Waals surface area contributed by atoms with Crippen molar-refractivity contribution >= 4 is 0 Å². The molecule has 2 rings (SSSR count). The Morgan fingerprint density at radius 3 is 2.19 bits per heavy atom. The van der Waals surface area contributed by atoms with Gasteiger partial charge in [-0.05, 0) is 35.7 Å². The van der Waals surface area contributed by atoms with Gasteiger partial charge < -0.3 is 29.1 Å². The molecular formula is C13H14INO. The molecule has 0 radical (unpaired) electrons. The predicted molar refractivity (Wildman–Crippen MR) is 59.5 cm³/mol. The Balaban J connectivity index is 0.00000128. The maximum absolute atomic E-state index is 9.43. The lowest BCUT2D eigenvalue weighted by Crippen LogP contribution is -3.00. The second-order valence-corrected chi connectivity index (χ2v) is 3.75. The Bertz CT molecular complexity index is 480. The molecule has 0 atom stereocenters. The van der Waals surface area contributed by atoms with E-state index in [9.17, 15) is 5.11 Å². The summed E-state index contributed by atoms with van der Waals surface area (Å²) in [5, 5.41) is 9.43. The summed E-state index contributed by atoms with van der Waals surface area (Å²) >= 11 is 0. The Kier molecular flexibility index (Phi) is 4.29. The molecule has 0 saturated heterocycles. The number of hydrogen-bond acceptors (Lipinski definition) is 1. The zero-order valence-electron chi connectivity index (χ0n) is 9.31. The second kappa shape index (κ2) is 5.30. The van der Waals surface area contributed by atoms with Crippen LogP contribution in [0.15, 0.2) is 42.7 Å². The third-order valence-corrected chi connectivity index (χ3v) is 2.51. The highest BCUT2D eigenvalue weighted by molar-refractivity contribution is 5.64. The number of phenolic OH excluding ortho intramolecular Hbond substituents is 1. The highest BCUT2D eigenvalue weighted by Crippen LogP contribution is 2.24. The summed E-state index contributed by atoms with van der Waals surface area (Å²) < 4.78 is 2.00. The summed E-state index contributed by atoms with van der Waals surface area (Å²) in [5.74, 6) is 0.347. The SMILES string of the molecule is Cc1cc(-c2cc[n+](C)cc2)ccc1O.[I-]. The maximum Gasteiger partial charge on any atom is 0.169 e. The fourth-order valence-corrected chi connectivity index (χ4v) is 1.53. The highest BCUT2D eigenvalue weighted by Gasteiger charge is 2.02. The van der Waals surface area contributed by atoms with Gasteiger partial charge in [0, 0.05) is 12.1 Å². The largest absolute Gasteiger partial charge is 1.00 e. The molecule has 0 unspecified atom stereocenters. The molecule has 1 aromatic carbocycles. The Hall–Kier alpha value is -1.10. The Morgan fingerprint density at radius 2 is 1.62 bits per heavy atom. The first kappa shape index (κ1) is 13.0. The summed E-state index contributed by atoms with van der Waals surface area (Å²) in [6, 6.07) is 9.78. The van der Waals surface area contributed by atoms with Crippen molar-refractivity contribution < 1.29 is 33.7 Å². The van der Waals surface area contributed by atoms with Crippen molar-refractivity contribution in [3.05, 3.63) is 48.3 Å². The van der Waals surface area contributed by atoms with Gasteiger partial charge in [0.05, 0.1) is 0 Å². The molecule has 16 heavy (non-hydrogen) atoms. The summed E-state index contributed by atoms with van der Waals surface area (Å²) in [5.41, 5.74) is 3.20. The van der Waals surface area contributed by atoms with Gasteiger partial charge in [0.15, 0.2) is 12.4 Å². The van der Waals surface area contributed by atoms with Crippen molar-refractivity contribution in [3.63, 3.8) is 0 Å². The average molecular weight is 327 g/mol. The molecule has 0 bridgehead atoms. The van der Waals surface area contributed by atoms with Crippen molar-refractivity contribution in [2.24, 2.45) is 7.05 Å². The van der Waals surface area contributed by atoms with Crippen LogP contribution in [0, 0.1) is 6.92 Å². The number of hydrogen-bond donors (Lipinski definition) is 1. The minimum absolute atomic E-state index is 0. The summed E-state index contributed by atoms with van der Waals surface area (Å²) in [6.45, 7) is 1.90. The van der Waals surface area contributed by atoms with Crippen LogP contribution in [0.4, 0.5) is 0 Å². The molecular weight excluding hydrogens is 313 g/mol. The molecule has 1 N–H and O–H groups in total. The minimum atomic E-state index is 0. The number of pyridine rings is 1. The van der Waals surface area contributed by atoms with Gasteiger partial charge in [-0.15, -0.1) is 0 Å². The monoisotopic (exact) mass is 327 g/mol. The number of aromatic hydroxyl groups is 1. The van der Waals surface area contributed by atoms with Crippen LogP contribution in [0.25, 0.3) is 11.1 Å². The fraction of sp³-hybridized carbons (Fsp3) is 0.154. The highest BCUT2D eigenvalue weighted by atomic mass is 127. The predicted octanol–water partition coefficient (Wildman–Crippen LogP) is -0.804. The number of nitrogens with zero attached hydrogens (tertiary/aromatic N) is 1. The van der Waals surface area contributed by atoms with Gasteiger partial charge in [0.1, 0.15) is 12.8 Å². The van der Waals surface area contributed by atoms with E-state index >= 15 is 0 Å². The smallest absolute Gasteiger partial charge is 0.169 e. The van der Waals surface area contributed by atoms with Crippen LogP contribution in [-0.4, -0.2) is 5.11 Å². The lowest BCUT2D eigenvalue weighted by molar-refractivity contribution is -0.671. The van der Waals surface area contributed by atoms with Gasteiger partial charge in [-0.3, -0.25) is 0 Å². The van der Waals surface area contributed by atoms with Crippen LogP contribution in [0.5, 0.6) is 5.75 Å². The molecule has 0 amide bonds. The van der Waals surface area contributed by atoms with E-state index in [1.54, 1.807) is 6.07 Å². The van der Waals surface area contributed by atoms with Gasteiger partial charge in [-0.1, -0.05) is 6.07 Å². The zero-order valence-corrected chi connectivity index (χ0v) is 11.5. The second-order valence-electron chi connectivity index (χ2n) is 3.75. The first-order chi connectivity index (χ1) is 7.16. The van der Waals surface area contributed by atoms with Crippen LogP contribution in [0.1, 0.15) is 5.56 Å². The van der Waals surface area contributed by atoms with E-state index in [0.717, 1.165) is 16.7 Å². The van der Waals surface area contributed by atoms with E-state index < -0.39 is 0 Å². The van der Waals surface area contributed by atoms with Gasteiger partial charge in [-0.2, -0.15) is 0 Å². The van der Waals surface area contributed by atoms with Crippen molar-refractivity contribution in [1.82, 2.24) is 0 Å². The van der Waals surface area contributed by atoms with Gasteiger partial charge in [0.25, 0.3) is 0 Å². The van der Waals surface area contributed by atoms with Gasteiger partial charge in [-0.25, -0.2) is 4.57 Å². The molecule has 3 heteroatoms. The topological polar surface area (TPSA) is 24.1 Å². The molecule has 1 aromatic heterocycles. The molecule has 84 valence electrons. The maximum atomic E-state index is 9.43. The molecule has 1 heterocycles. The number of halogens is 1. The van der Waals surface area contributed by atoms with Crippen LogP contribution >= 0.6 is 0 Å². The third kappa shape index (κ3) is 2.72. The number of benzene rings is 1.